The lowest BCUT2D eigenvalue weighted by atomic mass is 10.0. The van der Waals surface area contributed by atoms with Gasteiger partial charge in [-0.05, 0) is 36.6 Å². The molecule has 0 bridgehead atoms. The van der Waals surface area contributed by atoms with Gasteiger partial charge in [-0.25, -0.2) is 0 Å². The van der Waals surface area contributed by atoms with Crippen LogP contribution in [0.2, 0.25) is 0 Å². The summed E-state index contributed by atoms with van der Waals surface area (Å²) in [5, 5.41) is 12.3. The van der Waals surface area contributed by atoms with E-state index in [1.165, 1.54) is 11.1 Å². The third kappa shape index (κ3) is 2.99. The van der Waals surface area contributed by atoms with E-state index in [1.807, 2.05) is 0 Å². The number of aliphatic hydroxyl groups is 1. The maximum Gasteiger partial charge on any atom is 0.122 e. The van der Waals surface area contributed by atoms with Gasteiger partial charge in [-0.1, -0.05) is 19.1 Å². The maximum absolute atomic E-state index is 8.79. The van der Waals surface area contributed by atoms with Gasteiger partial charge in [0.25, 0.3) is 0 Å². The average Bonchev–Trinajstić information content (AvgIpc) is 2.82. The summed E-state index contributed by atoms with van der Waals surface area (Å²) in [5.74, 6) is 1.04. The highest BCUT2D eigenvalue weighted by Crippen LogP contribution is 2.28. The number of benzene rings is 1. The van der Waals surface area contributed by atoms with Gasteiger partial charge < -0.3 is 15.2 Å². The number of hydrogen-bond donors (Lipinski definition) is 2. The highest BCUT2D eigenvalue weighted by atomic mass is 16.5. The smallest absolute Gasteiger partial charge is 0.122 e. The molecule has 0 spiro atoms. The van der Waals surface area contributed by atoms with Gasteiger partial charge in [0.1, 0.15) is 5.75 Å². The Kier molecular flexibility index (Phi) is 4.40. The van der Waals surface area contributed by atoms with E-state index in [2.05, 4.69) is 30.4 Å². The first-order valence-corrected chi connectivity index (χ1v) is 6.45. The summed E-state index contributed by atoms with van der Waals surface area (Å²) in [7, 11) is 0. The fraction of sp³-hybridized carbons (Fsp3) is 0.571. The Morgan fingerprint density at radius 3 is 3.12 bits per heavy atom. The minimum atomic E-state index is 0.251. The molecule has 1 aliphatic heterocycles. The Balaban J connectivity index is 2.03. The van der Waals surface area contributed by atoms with E-state index < -0.39 is 0 Å². The summed E-state index contributed by atoms with van der Waals surface area (Å²) in [6, 6.07) is 6.85. The lowest BCUT2D eigenvalue weighted by Gasteiger charge is -2.18. The highest BCUT2D eigenvalue weighted by Gasteiger charge is 2.15. The average molecular weight is 235 g/mol. The lowest BCUT2D eigenvalue weighted by Crippen LogP contribution is -2.22. The van der Waals surface area contributed by atoms with Crippen LogP contribution in [0.4, 0.5) is 0 Å². The van der Waals surface area contributed by atoms with Gasteiger partial charge in [0.2, 0.25) is 0 Å². The molecule has 2 rings (SSSR count). The van der Waals surface area contributed by atoms with Crippen LogP contribution in [0.1, 0.15) is 36.9 Å². The third-order valence-corrected chi connectivity index (χ3v) is 3.25. The first-order chi connectivity index (χ1) is 8.35. The number of hydrogen-bond acceptors (Lipinski definition) is 3. The van der Waals surface area contributed by atoms with Crippen LogP contribution in [0.25, 0.3) is 0 Å². The molecule has 1 unspecified atom stereocenters. The second kappa shape index (κ2) is 6.03. The molecule has 1 aromatic carbocycles. The van der Waals surface area contributed by atoms with Crippen molar-refractivity contribution in [3.8, 4) is 5.75 Å². The first-order valence-electron chi connectivity index (χ1n) is 6.45. The molecule has 0 aromatic heterocycles. The molecule has 3 nitrogen and oxygen atoms in total. The SMILES string of the molecule is CCC(NCCCO)c1ccc2c(c1)CCO2. The van der Waals surface area contributed by atoms with Crippen molar-refractivity contribution < 1.29 is 9.84 Å². The van der Waals surface area contributed by atoms with Crippen LogP contribution in [-0.2, 0) is 6.42 Å². The van der Waals surface area contributed by atoms with E-state index in [0.29, 0.717) is 6.04 Å². The van der Waals surface area contributed by atoms with E-state index in [9.17, 15) is 0 Å². The monoisotopic (exact) mass is 235 g/mol. The normalized spacial score (nSPS) is 15.4. The van der Waals surface area contributed by atoms with Crippen LogP contribution in [0, 0.1) is 0 Å². The van der Waals surface area contributed by atoms with Crippen molar-refractivity contribution in [1.29, 1.82) is 0 Å². The molecular weight excluding hydrogens is 214 g/mol. The summed E-state index contributed by atoms with van der Waals surface area (Å²) in [4.78, 5) is 0. The van der Waals surface area contributed by atoms with Crippen molar-refractivity contribution >= 4 is 0 Å². The lowest BCUT2D eigenvalue weighted by molar-refractivity contribution is 0.283. The van der Waals surface area contributed by atoms with Crippen LogP contribution in [0.5, 0.6) is 5.75 Å². The van der Waals surface area contributed by atoms with Crippen LogP contribution < -0.4 is 10.1 Å². The van der Waals surface area contributed by atoms with E-state index in [1.54, 1.807) is 0 Å². The summed E-state index contributed by atoms with van der Waals surface area (Å²) in [5.41, 5.74) is 2.65. The standard InChI is InChI=1S/C14H21NO2/c1-2-13(15-7-3-8-16)11-4-5-14-12(10-11)6-9-17-14/h4-5,10,13,15-16H,2-3,6-9H2,1H3. The molecule has 0 saturated heterocycles. The van der Waals surface area contributed by atoms with E-state index in [0.717, 1.165) is 38.2 Å². The van der Waals surface area contributed by atoms with Crippen LogP contribution in [-0.4, -0.2) is 24.9 Å². The van der Waals surface area contributed by atoms with Crippen LogP contribution in [0.15, 0.2) is 18.2 Å². The molecule has 1 heterocycles. The molecule has 1 atom stereocenters. The second-order valence-corrected chi connectivity index (χ2v) is 4.46. The van der Waals surface area contributed by atoms with E-state index in [4.69, 9.17) is 9.84 Å². The molecule has 0 aliphatic carbocycles. The van der Waals surface area contributed by atoms with Crippen molar-refractivity contribution in [2.24, 2.45) is 0 Å². The molecule has 1 aromatic rings. The highest BCUT2D eigenvalue weighted by molar-refractivity contribution is 5.40. The number of rotatable bonds is 6. The third-order valence-electron chi connectivity index (χ3n) is 3.25. The summed E-state index contributed by atoms with van der Waals surface area (Å²) >= 11 is 0. The first kappa shape index (κ1) is 12.4. The summed E-state index contributed by atoms with van der Waals surface area (Å²) < 4.78 is 5.51. The van der Waals surface area contributed by atoms with Gasteiger partial charge in [0, 0.05) is 19.1 Å². The Bertz CT molecular complexity index is 365. The van der Waals surface area contributed by atoms with Gasteiger partial charge >= 0.3 is 0 Å². The van der Waals surface area contributed by atoms with Crippen molar-refractivity contribution in [1.82, 2.24) is 5.32 Å². The topological polar surface area (TPSA) is 41.5 Å². The van der Waals surface area contributed by atoms with Crippen molar-refractivity contribution in [3.05, 3.63) is 29.3 Å². The largest absolute Gasteiger partial charge is 0.493 e. The van der Waals surface area contributed by atoms with Crippen molar-refractivity contribution in [3.63, 3.8) is 0 Å². The number of nitrogens with one attached hydrogen (secondary N) is 1. The molecule has 0 saturated carbocycles. The summed E-state index contributed by atoms with van der Waals surface area (Å²) in [6.07, 6.45) is 2.89. The number of aliphatic hydroxyl groups excluding tert-OH is 1. The minimum absolute atomic E-state index is 0.251. The van der Waals surface area contributed by atoms with E-state index in [-0.39, 0.29) is 6.61 Å². The molecule has 0 radical (unpaired) electrons. The fourth-order valence-corrected chi connectivity index (χ4v) is 2.28. The molecule has 94 valence electrons. The van der Waals surface area contributed by atoms with Gasteiger partial charge in [-0.3, -0.25) is 0 Å². The fourth-order valence-electron chi connectivity index (χ4n) is 2.28. The van der Waals surface area contributed by atoms with Crippen LogP contribution in [0.3, 0.4) is 0 Å². The van der Waals surface area contributed by atoms with Gasteiger partial charge in [0.15, 0.2) is 0 Å². The van der Waals surface area contributed by atoms with Gasteiger partial charge in [-0.2, -0.15) is 0 Å². The predicted octanol–water partition coefficient (Wildman–Crippen LogP) is 2.04. The zero-order chi connectivity index (χ0) is 12.1. The second-order valence-electron chi connectivity index (χ2n) is 4.46. The molecule has 2 N–H and O–H groups in total. The maximum atomic E-state index is 8.79. The van der Waals surface area contributed by atoms with Gasteiger partial charge in [-0.15, -0.1) is 0 Å². The number of fused-ring (bicyclic) bond motifs is 1. The zero-order valence-corrected chi connectivity index (χ0v) is 10.4. The molecular formula is C14H21NO2. The molecule has 1 aliphatic rings. The Labute approximate surface area is 103 Å². The Hall–Kier alpha value is -1.06. The van der Waals surface area contributed by atoms with Crippen molar-refractivity contribution in [2.45, 2.75) is 32.2 Å². The van der Waals surface area contributed by atoms with E-state index >= 15 is 0 Å². The molecule has 0 amide bonds. The van der Waals surface area contributed by atoms with Crippen LogP contribution >= 0.6 is 0 Å². The predicted molar refractivity (Wildman–Crippen MR) is 68.4 cm³/mol. The quantitative estimate of drug-likeness (QED) is 0.741. The number of ether oxygens (including phenoxy) is 1. The van der Waals surface area contributed by atoms with Gasteiger partial charge in [0.05, 0.1) is 6.61 Å². The minimum Gasteiger partial charge on any atom is -0.493 e. The molecule has 17 heavy (non-hydrogen) atoms. The Morgan fingerprint density at radius 2 is 2.35 bits per heavy atom. The molecule has 0 fully saturated rings. The molecule has 3 heteroatoms. The Morgan fingerprint density at radius 1 is 1.47 bits per heavy atom. The summed E-state index contributed by atoms with van der Waals surface area (Å²) in [6.45, 7) is 4.11. The zero-order valence-electron chi connectivity index (χ0n) is 10.4. The van der Waals surface area contributed by atoms with Crippen molar-refractivity contribution in [2.75, 3.05) is 19.8 Å².